The van der Waals surface area contributed by atoms with E-state index in [0.717, 1.165) is 28.8 Å². The van der Waals surface area contributed by atoms with Crippen molar-refractivity contribution in [3.8, 4) is 0 Å². The number of nitrogen functional groups attached to an aromatic ring is 1. The van der Waals surface area contributed by atoms with Gasteiger partial charge in [0.05, 0.1) is 11.1 Å². The predicted octanol–water partition coefficient (Wildman–Crippen LogP) is 3.03. The van der Waals surface area contributed by atoms with Crippen molar-refractivity contribution in [2.45, 2.75) is 32.8 Å². The summed E-state index contributed by atoms with van der Waals surface area (Å²) in [4.78, 5) is 4.52. The molecule has 0 radical (unpaired) electrons. The maximum absolute atomic E-state index is 10.3. The van der Waals surface area contributed by atoms with Crippen molar-refractivity contribution in [1.29, 1.82) is 0 Å². The molecule has 108 valence electrons. The Morgan fingerprint density at radius 2 is 2.05 bits per heavy atom. The number of hydrogen-bond acceptors (Lipinski definition) is 4. The number of nitrogens with one attached hydrogen (secondary N) is 1. The zero-order valence-corrected chi connectivity index (χ0v) is 12.4. The lowest BCUT2D eigenvalue weighted by molar-refractivity contribution is 0.0515. The molecule has 0 aliphatic rings. The van der Waals surface area contributed by atoms with Gasteiger partial charge in [-0.3, -0.25) is 0 Å². The summed E-state index contributed by atoms with van der Waals surface area (Å²) in [7, 11) is 0. The average molecular weight is 273 g/mol. The number of fused-ring (bicyclic) bond motifs is 1. The normalized spacial score (nSPS) is 14.4. The van der Waals surface area contributed by atoms with Gasteiger partial charge in [-0.2, -0.15) is 0 Å². The van der Waals surface area contributed by atoms with Gasteiger partial charge in [-0.1, -0.05) is 13.8 Å². The SMILES string of the molecule is CC(C)CC(C)(O)CNc1ccc2cc(N)ccc2n1. The number of aromatic nitrogens is 1. The number of benzene rings is 1. The van der Waals surface area contributed by atoms with Crippen LogP contribution in [0.2, 0.25) is 0 Å². The third-order valence-corrected chi connectivity index (χ3v) is 3.21. The monoisotopic (exact) mass is 273 g/mol. The first kappa shape index (κ1) is 14.6. The Bertz CT molecular complexity index is 593. The summed E-state index contributed by atoms with van der Waals surface area (Å²) < 4.78 is 0. The van der Waals surface area contributed by atoms with Gasteiger partial charge in [0.2, 0.25) is 0 Å². The van der Waals surface area contributed by atoms with Crippen molar-refractivity contribution in [3.63, 3.8) is 0 Å². The van der Waals surface area contributed by atoms with Crippen molar-refractivity contribution >= 4 is 22.4 Å². The van der Waals surface area contributed by atoms with Crippen LogP contribution >= 0.6 is 0 Å². The quantitative estimate of drug-likeness (QED) is 0.732. The van der Waals surface area contributed by atoms with Crippen LogP contribution in [0.15, 0.2) is 30.3 Å². The minimum atomic E-state index is -0.730. The van der Waals surface area contributed by atoms with Crippen LogP contribution in [0, 0.1) is 5.92 Å². The summed E-state index contributed by atoms with van der Waals surface area (Å²) in [5, 5.41) is 14.5. The van der Waals surface area contributed by atoms with Crippen LogP contribution in [-0.4, -0.2) is 22.2 Å². The van der Waals surface area contributed by atoms with Gasteiger partial charge in [0.15, 0.2) is 0 Å². The van der Waals surface area contributed by atoms with Crippen LogP contribution in [-0.2, 0) is 0 Å². The second kappa shape index (κ2) is 5.67. The molecule has 0 saturated carbocycles. The highest BCUT2D eigenvalue weighted by Gasteiger charge is 2.21. The topological polar surface area (TPSA) is 71.2 Å². The molecule has 0 saturated heterocycles. The lowest BCUT2D eigenvalue weighted by atomic mass is 9.94. The van der Waals surface area contributed by atoms with Gasteiger partial charge in [0.25, 0.3) is 0 Å². The average Bonchev–Trinajstić information content (AvgIpc) is 2.35. The molecule has 4 N–H and O–H groups in total. The highest BCUT2D eigenvalue weighted by atomic mass is 16.3. The van der Waals surface area contributed by atoms with Gasteiger partial charge < -0.3 is 16.2 Å². The summed E-state index contributed by atoms with van der Waals surface area (Å²) in [6.07, 6.45) is 0.754. The minimum Gasteiger partial charge on any atom is -0.399 e. The third-order valence-electron chi connectivity index (χ3n) is 3.21. The fourth-order valence-electron chi connectivity index (χ4n) is 2.48. The van der Waals surface area contributed by atoms with E-state index in [4.69, 9.17) is 5.73 Å². The molecule has 1 aromatic heterocycles. The second-order valence-electron chi connectivity index (χ2n) is 6.10. The molecular formula is C16H23N3O. The molecule has 20 heavy (non-hydrogen) atoms. The Morgan fingerprint density at radius 3 is 2.75 bits per heavy atom. The van der Waals surface area contributed by atoms with Crippen LogP contribution in [0.1, 0.15) is 27.2 Å². The van der Waals surface area contributed by atoms with Crippen molar-refractivity contribution in [1.82, 2.24) is 4.98 Å². The van der Waals surface area contributed by atoms with E-state index in [1.54, 1.807) is 0 Å². The largest absolute Gasteiger partial charge is 0.399 e. The molecule has 2 rings (SSSR count). The first-order valence-electron chi connectivity index (χ1n) is 6.98. The van der Waals surface area contributed by atoms with Crippen LogP contribution in [0.5, 0.6) is 0 Å². The lowest BCUT2D eigenvalue weighted by Crippen LogP contribution is -2.35. The van der Waals surface area contributed by atoms with E-state index < -0.39 is 5.60 Å². The highest BCUT2D eigenvalue weighted by Crippen LogP contribution is 2.20. The van der Waals surface area contributed by atoms with Crippen molar-refractivity contribution < 1.29 is 5.11 Å². The fraction of sp³-hybridized carbons (Fsp3) is 0.438. The Kier molecular flexibility index (Phi) is 4.14. The number of nitrogens with two attached hydrogens (primary N) is 1. The molecule has 0 fully saturated rings. The fourth-order valence-corrected chi connectivity index (χ4v) is 2.48. The lowest BCUT2D eigenvalue weighted by Gasteiger charge is -2.25. The molecule has 0 bridgehead atoms. The number of anilines is 2. The summed E-state index contributed by atoms with van der Waals surface area (Å²) in [6, 6.07) is 9.54. The molecule has 0 amide bonds. The molecule has 2 aromatic rings. The Labute approximate surface area is 120 Å². The van der Waals surface area contributed by atoms with Gasteiger partial charge >= 0.3 is 0 Å². The van der Waals surface area contributed by atoms with Gasteiger partial charge in [-0.05, 0) is 49.6 Å². The molecule has 0 aliphatic carbocycles. The molecule has 4 heteroatoms. The summed E-state index contributed by atoms with van der Waals surface area (Å²) in [5.74, 6) is 1.23. The van der Waals surface area contributed by atoms with Gasteiger partial charge in [-0.25, -0.2) is 4.98 Å². The van der Waals surface area contributed by atoms with Crippen LogP contribution in [0.25, 0.3) is 10.9 Å². The molecule has 0 spiro atoms. The molecule has 1 unspecified atom stereocenters. The maximum atomic E-state index is 10.3. The smallest absolute Gasteiger partial charge is 0.126 e. The molecule has 1 aromatic carbocycles. The number of rotatable bonds is 5. The first-order valence-corrected chi connectivity index (χ1v) is 6.98. The van der Waals surface area contributed by atoms with Crippen LogP contribution in [0.3, 0.4) is 0 Å². The van der Waals surface area contributed by atoms with Crippen LogP contribution < -0.4 is 11.1 Å². The van der Waals surface area contributed by atoms with E-state index in [-0.39, 0.29) is 0 Å². The number of aliphatic hydroxyl groups is 1. The van der Waals surface area contributed by atoms with Crippen molar-refractivity contribution in [2.75, 3.05) is 17.6 Å². The Balaban J connectivity index is 2.08. The van der Waals surface area contributed by atoms with Crippen LogP contribution in [0.4, 0.5) is 11.5 Å². The van der Waals surface area contributed by atoms with Gasteiger partial charge in [0, 0.05) is 17.6 Å². The number of pyridine rings is 1. The summed E-state index contributed by atoms with van der Waals surface area (Å²) in [5.41, 5.74) is 6.65. The number of nitrogens with zero attached hydrogens (tertiary/aromatic N) is 1. The van der Waals surface area contributed by atoms with Gasteiger partial charge in [-0.15, -0.1) is 0 Å². The van der Waals surface area contributed by atoms with E-state index >= 15 is 0 Å². The van der Waals surface area contributed by atoms with Gasteiger partial charge in [0.1, 0.15) is 5.82 Å². The molecule has 1 atom stereocenters. The van der Waals surface area contributed by atoms with E-state index in [1.807, 2.05) is 37.3 Å². The van der Waals surface area contributed by atoms with Crippen molar-refractivity contribution in [2.24, 2.45) is 5.92 Å². The zero-order chi connectivity index (χ0) is 14.8. The summed E-state index contributed by atoms with van der Waals surface area (Å²) in [6.45, 7) is 6.54. The zero-order valence-electron chi connectivity index (χ0n) is 12.4. The third kappa shape index (κ3) is 3.84. The molecule has 0 aliphatic heterocycles. The Morgan fingerprint density at radius 1 is 1.30 bits per heavy atom. The van der Waals surface area contributed by atoms with E-state index in [2.05, 4.69) is 24.1 Å². The van der Waals surface area contributed by atoms with E-state index in [9.17, 15) is 5.11 Å². The number of hydrogen-bond donors (Lipinski definition) is 3. The van der Waals surface area contributed by atoms with E-state index in [0.29, 0.717) is 12.5 Å². The summed E-state index contributed by atoms with van der Waals surface area (Å²) >= 11 is 0. The maximum Gasteiger partial charge on any atom is 0.126 e. The highest BCUT2D eigenvalue weighted by molar-refractivity contribution is 5.83. The van der Waals surface area contributed by atoms with E-state index in [1.165, 1.54) is 0 Å². The Hall–Kier alpha value is -1.81. The second-order valence-corrected chi connectivity index (χ2v) is 6.10. The molecular weight excluding hydrogens is 250 g/mol. The van der Waals surface area contributed by atoms with Crippen molar-refractivity contribution in [3.05, 3.63) is 30.3 Å². The first-order chi connectivity index (χ1) is 9.35. The molecule has 4 nitrogen and oxygen atoms in total. The minimum absolute atomic E-state index is 0.458. The molecule has 1 heterocycles. The standard InChI is InChI=1S/C16H23N3O/c1-11(2)9-16(3,20)10-18-15-7-4-12-8-13(17)5-6-14(12)19-15/h4-8,11,20H,9-10,17H2,1-3H3,(H,18,19). The predicted molar refractivity (Wildman–Crippen MR) is 84.7 cm³/mol.